The lowest BCUT2D eigenvalue weighted by Gasteiger charge is -2.28. The third kappa shape index (κ3) is 4.87. The van der Waals surface area contributed by atoms with Gasteiger partial charge in [0.1, 0.15) is 0 Å². The standard InChI is InChI=1S/C23H28F3N5O/c1-13-9-15(10-14(2)16(13)6-8-27-12-23(24,25)26)20-28-21(32-31-20)19-17-5-7-22(3,4)11-18(17)29-30-19/h9-10,27H,5-8,11-12H2,1-4H3,(H,29,30). The number of H-pyrrole nitrogens is 1. The van der Waals surface area contributed by atoms with Crippen molar-refractivity contribution >= 4 is 0 Å². The average Bonchev–Trinajstić information content (AvgIpc) is 3.31. The summed E-state index contributed by atoms with van der Waals surface area (Å²) in [6, 6.07) is 3.90. The molecule has 0 fully saturated rings. The van der Waals surface area contributed by atoms with Gasteiger partial charge in [-0.15, -0.1) is 0 Å². The summed E-state index contributed by atoms with van der Waals surface area (Å²) in [4.78, 5) is 4.58. The highest BCUT2D eigenvalue weighted by molar-refractivity contribution is 5.63. The minimum absolute atomic E-state index is 0.246. The summed E-state index contributed by atoms with van der Waals surface area (Å²) in [5, 5.41) is 14.2. The molecule has 2 heterocycles. The Morgan fingerprint density at radius 3 is 2.59 bits per heavy atom. The number of fused-ring (bicyclic) bond motifs is 1. The van der Waals surface area contributed by atoms with Crippen molar-refractivity contribution in [3.8, 4) is 23.0 Å². The number of nitrogens with zero attached hydrogens (tertiary/aromatic N) is 3. The zero-order valence-electron chi connectivity index (χ0n) is 18.8. The van der Waals surface area contributed by atoms with Crippen molar-refractivity contribution in [2.24, 2.45) is 5.41 Å². The largest absolute Gasteiger partial charge is 0.401 e. The van der Waals surface area contributed by atoms with Crippen molar-refractivity contribution in [2.45, 2.75) is 59.6 Å². The maximum Gasteiger partial charge on any atom is 0.401 e. The maximum atomic E-state index is 12.3. The second-order valence-corrected chi connectivity index (χ2v) is 9.42. The molecule has 0 spiro atoms. The average molecular weight is 448 g/mol. The van der Waals surface area contributed by atoms with E-state index in [9.17, 15) is 13.2 Å². The molecule has 172 valence electrons. The number of benzene rings is 1. The summed E-state index contributed by atoms with van der Waals surface area (Å²) in [5.41, 5.74) is 7.05. The van der Waals surface area contributed by atoms with Crippen molar-refractivity contribution in [3.05, 3.63) is 40.1 Å². The molecule has 0 bridgehead atoms. The predicted octanol–water partition coefficient (Wildman–Crippen LogP) is 4.95. The molecular weight excluding hydrogens is 419 g/mol. The highest BCUT2D eigenvalue weighted by atomic mass is 19.4. The number of hydrogen-bond donors (Lipinski definition) is 2. The molecular formula is C23H28F3N5O. The Bertz CT molecular complexity index is 1090. The molecule has 0 saturated carbocycles. The lowest BCUT2D eigenvalue weighted by Crippen LogP contribution is -2.30. The molecule has 0 radical (unpaired) electrons. The number of nitrogens with one attached hydrogen (secondary N) is 2. The highest BCUT2D eigenvalue weighted by Gasteiger charge is 2.31. The zero-order chi connectivity index (χ0) is 23.1. The highest BCUT2D eigenvalue weighted by Crippen LogP contribution is 2.37. The van der Waals surface area contributed by atoms with E-state index in [0.29, 0.717) is 18.1 Å². The Morgan fingerprint density at radius 2 is 1.91 bits per heavy atom. The normalized spacial score (nSPS) is 15.7. The van der Waals surface area contributed by atoms with Crippen LogP contribution in [-0.4, -0.2) is 39.6 Å². The van der Waals surface area contributed by atoms with Crippen LogP contribution in [0.25, 0.3) is 23.0 Å². The fourth-order valence-corrected chi connectivity index (χ4v) is 4.42. The molecule has 0 atom stereocenters. The van der Waals surface area contributed by atoms with E-state index in [1.54, 1.807) is 0 Å². The van der Waals surface area contributed by atoms with E-state index in [4.69, 9.17) is 4.52 Å². The van der Waals surface area contributed by atoms with Gasteiger partial charge in [0, 0.05) is 16.8 Å². The molecule has 1 aromatic carbocycles. The molecule has 9 heteroatoms. The van der Waals surface area contributed by atoms with Gasteiger partial charge in [0.25, 0.3) is 5.89 Å². The SMILES string of the molecule is Cc1cc(-c2noc(-c3n[nH]c4c3CCC(C)(C)C4)n2)cc(C)c1CCNCC(F)(F)F. The molecule has 3 aromatic rings. The van der Waals surface area contributed by atoms with Gasteiger partial charge >= 0.3 is 6.18 Å². The third-order valence-corrected chi connectivity index (χ3v) is 6.12. The summed E-state index contributed by atoms with van der Waals surface area (Å²) in [6.45, 7) is 7.67. The van der Waals surface area contributed by atoms with Crippen molar-refractivity contribution in [1.82, 2.24) is 25.7 Å². The first-order valence-corrected chi connectivity index (χ1v) is 10.8. The van der Waals surface area contributed by atoms with Crippen LogP contribution in [0.15, 0.2) is 16.7 Å². The first-order valence-electron chi connectivity index (χ1n) is 10.8. The fraction of sp³-hybridized carbons (Fsp3) is 0.522. The molecule has 1 aliphatic rings. The number of hydrogen-bond acceptors (Lipinski definition) is 5. The van der Waals surface area contributed by atoms with Crippen molar-refractivity contribution in [3.63, 3.8) is 0 Å². The molecule has 32 heavy (non-hydrogen) atoms. The Hall–Kier alpha value is -2.68. The van der Waals surface area contributed by atoms with E-state index in [2.05, 4.69) is 39.5 Å². The summed E-state index contributed by atoms with van der Waals surface area (Å²) >= 11 is 0. The molecule has 2 N–H and O–H groups in total. The van der Waals surface area contributed by atoms with Crippen LogP contribution in [0, 0.1) is 19.3 Å². The number of aromatic amines is 1. The number of halogens is 3. The van der Waals surface area contributed by atoms with Crippen LogP contribution in [-0.2, 0) is 19.3 Å². The second kappa shape index (κ2) is 8.35. The third-order valence-electron chi connectivity index (χ3n) is 6.12. The molecule has 1 aliphatic carbocycles. The lowest BCUT2D eigenvalue weighted by molar-refractivity contribution is -0.124. The van der Waals surface area contributed by atoms with Crippen LogP contribution in [0.4, 0.5) is 13.2 Å². The number of rotatable bonds is 6. The minimum atomic E-state index is -4.20. The van der Waals surface area contributed by atoms with E-state index in [-0.39, 0.29) is 12.0 Å². The topological polar surface area (TPSA) is 79.6 Å². The van der Waals surface area contributed by atoms with Crippen LogP contribution >= 0.6 is 0 Å². The van der Waals surface area contributed by atoms with Crippen LogP contribution in [0.5, 0.6) is 0 Å². The molecule has 0 amide bonds. The van der Waals surface area contributed by atoms with Crippen molar-refractivity contribution in [2.75, 3.05) is 13.1 Å². The maximum absolute atomic E-state index is 12.3. The van der Waals surface area contributed by atoms with Gasteiger partial charge in [0.15, 0.2) is 5.69 Å². The van der Waals surface area contributed by atoms with Crippen LogP contribution in [0.3, 0.4) is 0 Å². The van der Waals surface area contributed by atoms with E-state index in [1.807, 2.05) is 26.0 Å². The van der Waals surface area contributed by atoms with E-state index >= 15 is 0 Å². The molecule has 0 unspecified atom stereocenters. The summed E-state index contributed by atoms with van der Waals surface area (Å²) in [5.74, 6) is 0.869. The predicted molar refractivity (Wildman–Crippen MR) is 115 cm³/mol. The lowest BCUT2D eigenvalue weighted by atomic mass is 9.76. The van der Waals surface area contributed by atoms with E-state index < -0.39 is 12.7 Å². The van der Waals surface area contributed by atoms with Gasteiger partial charge in [-0.05, 0) is 80.3 Å². The van der Waals surface area contributed by atoms with Gasteiger partial charge in [0.05, 0.1) is 6.54 Å². The minimum Gasteiger partial charge on any atom is -0.332 e. The molecule has 2 aromatic heterocycles. The van der Waals surface area contributed by atoms with Crippen LogP contribution in [0.2, 0.25) is 0 Å². The van der Waals surface area contributed by atoms with Crippen LogP contribution < -0.4 is 5.32 Å². The fourth-order valence-electron chi connectivity index (χ4n) is 4.42. The van der Waals surface area contributed by atoms with E-state index in [1.165, 1.54) is 0 Å². The first kappa shape index (κ1) is 22.5. The van der Waals surface area contributed by atoms with Crippen molar-refractivity contribution in [1.29, 1.82) is 0 Å². The smallest absolute Gasteiger partial charge is 0.332 e. The number of alkyl halides is 3. The second-order valence-electron chi connectivity index (χ2n) is 9.42. The number of aromatic nitrogens is 4. The van der Waals surface area contributed by atoms with Gasteiger partial charge in [-0.25, -0.2) is 0 Å². The Labute approximate surface area is 185 Å². The Kier molecular flexibility index (Phi) is 5.87. The Balaban J connectivity index is 1.51. The molecule has 0 aliphatic heterocycles. The zero-order valence-corrected chi connectivity index (χ0v) is 18.8. The van der Waals surface area contributed by atoms with Gasteiger partial charge in [-0.3, -0.25) is 5.10 Å². The molecule has 6 nitrogen and oxygen atoms in total. The van der Waals surface area contributed by atoms with Gasteiger partial charge in [-0.1, -0.05) is 19.0 Å². The van der Waals surface area contributed by atoms with E-state index in [0.717, 1.165) is 58.5 Å². The quantitative estimate of drug-likeness (QED) is 0.523. The van der Waals surface area contributed by atoms with Crippen molar-refractivity contribution < 1.29 is 17.7 Å². The number of aryl methyl sites for hydroxylation is 2. The summed E-state index contributed by atoms with van der Waals surface area (Å²) in [6.07, 6.45) is -0.754. The summed E-state index contributed by atoms with van der Waals surface area (Å²) in [7, 11) is 0. The Morgan fingerprint density at radius 1 is 1.19 bits per heavy atom. The molecule has 4 rings (SSSR count). The summed E-state index contributed by atoms with van der Waals surface area (Å²) < 4.78 is 42.5. The van der Waals surface area contributed by atoms with Gasteiger partial charge < -0.3 is 9.84 Å². The van der Waals surface area contributed by atoms with Gasteiger partial charge in [-0.2, -0.15) is 23.3 Å². The van der Waals surface area contributed by atoms with Crippen LogP contribution in [0.1, 0.15) is 48.2 Å². The first-order chi connectivity index (χ1) is 15.0. The monoisotopic (exact) mass is 447 g/mol. The molecule has 0 saturated heterocycles. The van der Waals surface area contributed by atoms with Gasteiger partial charge in [0.2, 0.25) is 5.82 Å².